The molecule has 0 atom stereocenters. The van der Waals surface area contributed by atoms with Gasteiger partial charge in [-0.25, -0.2) is 0 Å². The number of rotatable bonds is 3. The summed E-state index contributed by atoms with van der Waals surface area (Å²) in [6.07, 6.45) is 2.67. The fourth-order valence-corrected chi connectivity index (χ4v) is 2.88. The summed E-state index contributed by atoms with van der Waals surface area (Å²) in [6.45, 7) is 0.681. The van der Waals surface area contributed by atoms with Crippen molar-refractivity contribution in [2.75, 3.05) is 0 Å². The van der Waals surface area contributed by atoms with E-state index in [4.69, 9.17) is 0 Å². The number of benzene rings is 1. The van der Waals surface area contributed by atoms with Crippen molar-refractivity contribution >= 4 is 31.9 Å². The Morgan fingerprint density at radius 1 is 1.12 bits per heavy atom. The maximum absolute atomic E-state index is 11.8. The monoisotopic (exact) mass is 355 g/mol. The van der Waals surface area contributed by atoms with Gasteiger partial charge in [0.05, 0.1) is 4.47 Å². The first-order valence-electron chi connectivity index (χ1n) is 5.26. The normalized spacial score (nSPS) is 10.5. The molecule has 0 spiro atoms. The molecule has 17 heavy (non-hydrogen) atoms. The van der Waals surface area contributed by atoms with Gasteiger partial charge in [-0.1, -0.05) is 30.3 Å². The summed E-state index contributed by atoms with van der Waals surface area (Å²) >= 11 is 6.64. The molecular formula is C13H11Br2NO. The molecule has 1 aromatic carbocycles. The molecule has 2 aromatic rings. The van der Waals surface area contributed by atoms with E-state index in [1.54, 1.807) is 10.6 Å². The van der Waals surface area contributed by atoms with Crippen molar-refractivity contribution in [3.8, 4) is 0 Å². The van der Waals surface area contributed by atoms with Gasteiger partial charge >= 0.3 is 0 Å². The Balaban J connectivity index is 2.17. The van der Waals surface area contributed by atoms with E-state index in [2.05, 4.69) is 44.0 Å². The lowest BCUT2D eigenvalue weighted by molar-refractivity contribution is 0.664. The van der Waals surface area contributed by atoms with Gasteiger partial charge < -0.3 is 4.57 Å². The molecule has 4 heteroatoms. The largest absolute Gasteiger partial charge is 0.313 e. The summed E-state index contributed by atoms with van der Waals surface area (Å²) in [5.74, 6) is 0. The zero-order valence-electron chi connectivity index (χ0n) is 9.07. The van der Waals surface area contributed by atoms with E-state index in [0.29, 0.717) is 11.0 Å². The van der Waals surface area contributed by atoms with Gasteiger partial charge in [-0.3, -0.25) is 4.79 Å². The molecule has 0 bridgehead atoms. The third-order valence-electron chi connectivity index (χ3n) is 2.49. The average molecular weight is 357 g/mol. The molecule has 0 aliphatic rings. The van der Waals surface area contributed by atoms with Crippen LogP contribution < -0.4 is 5.56 Å². The summed E-state index contributed by atoms with van der Waals surface area (Å²) in [7, 11) is 0. The average Bonchev–Trinajstić information content (AvgIpc) is 2.33. The summed E-state index contributed by atoms with van der Waals surface area (Å²) in [5, 5.41) is 0. The minimum atomic E-state index is 0.00383. The molecule has 0 saturated carbocycles. The van der Waals surface area contributed by atoms with Crippen LogP contribution in [0.1, 0.15) is 5.56 Å². The van der Waals surface area contributed by atoms with Gasteiger partial charge in [0, 0.05) is 17.2 Å². The molecule has 0 aliphatic carbocycles. The number of halogens is 2. The van der Waals surface area contributed by atoms with E-state index in [1.165, 1.54) is 5.56 Å². The van der Waals surface area contributed by atoms with Crippen LogP contribution in [0.3, 0.4) is 0 Å². The number of pyridine rings is 1. The maximum Gasteiger partial charge on any atom is 0.264 e. The molecule has 1 aromatic heterocycles. The Labute approximate surface area is 117 Å². The highest BCUT2D eigenvalue weighted by molar-refractivity contribution is 9.11. The predicted molar refractivity (Wildman–Crippen MR) is 76.2 cm³/mol. The SMILES string of the molecule is O=c1c(Br)cc(Br)cn1CCc1ccccc1. The van der Waals surface area contributed by atoms with E-state index >= 15 is 0 Å². The van der Waals surface area contributed by atoms with Crippen LogP contribution >= 0.6 is 31.9 Å². The van der Waals surface area contributed by atoms with Gasteiger partial charge in [-0.2, -0.15) is 0 Å². The molecule has 0 fully saturated rings. The van der Waals surface area contributed by atoms with Gasteiger partial charge in [-0.05, 0) is 49.9 Å². The lowest BCUT2D eigenvalue weighted by atomic mass is 10.1. The molecule has 0 N–H and O–H groups in total. The molecule has 0 aliphatic heterocycles. The number of aromatic nitrogens is 1. The smallest absolute Gasteiger partial charge is 0.264 e. The second-order valence-electron chi connectivity index (χ2n) is 3.74. The number of hydrogen-bond acceptors (Lipinski definition) is 1. The van der Waals surface area contributed by atoms with Crippen molar-refractivity contribution in [1.29, 1.82) is 0 Å². The number of aryl methyl sites for hydroxylation is 2. The zero-order chi connectivity index (χ0) is 12.3. The fourth-order valence-electron chi connectivity index (χ4n) is 1.63. The Morgan fingerprint density at radius 2 is 1.82 bits per heavy atom. The highest BCUT2D eigenvalue weighted by Gasteiger charge is 2.03. The number of nitrogens with zero attached hydrogens (tertiary/aromatic N) is 1. The van der Waals surface area contributed by atoms with E-state index in [0.717, 1.165) is 10.9 Å². The molecular weight excluding hydrogens is 346 g/mol. The minimum Gasteiger partial charge on any atom is -0.313 e. The second-order valence-corrected chi connectivity index (χ2v) is 5.51. The third-order valence-corrected chi connectivity index (χ3v) is 3.49. The molecule has 0 saturated heterocycles. The summed E-state index contributed by atoms with van der Waals surface area (Å²) in [6, 6.07) is 11.9. The van der Waals surface area contributed by atoms with Crippen LogP contribution in [-0.2, 0) is 13.0 Å². The highest BCUT2D eigenvalue weighted by Crippen LogP contribution is 2.13. The predicted octanol–water partition coefficient (Wildman–Crippen LogP) is 3.62. The van der Waals surface area contributed by atoms with E-state index in [9.17, 15) is 4.79 Å². The first-order valence-corrected chi connectivity index (χ1v) is 6.85. The van der Waals surface area contributed by atoms with Crippen molar-refractivity contribution < 1.29 is 0 Å². The van der Waals surface area contributed by atoms with E-state index < -0.39 is 0 Å². The first-order chi connectivity index (χ1) is 8.16. The van der Waals surface area contributed by atoms with Crippen molar-refractivity contribution in [3.05, 3.63) is 67.5 Å². The van der Waals surface area contributed by atoms with E-state index in [-0.39, 0.29) is 5.56 Å². The molecule has 0 unspecified atom stereocenters. The standard InChI is InChI=1S/C13H11Br2NO/c14-11-8-12(15)13(17)16(9-11)7-6-10-4-2-1-3-5-10/h1-5,8-9H,6-7H2. The van der Waals surface area contributed by atoms with Gasteiger partial charge in [-0.15, -0.1) is 0 Å². The topological polar surface area (TPSA) is 22.0 Å². The van der Waals surface area contributed by atoms with Gasteiger partial charge in [0.2, 0.25) is 0 Å². The Kier molecular flexibility index (Phi) is 4.18. The maximum atomic E-state index is 11.8. The van der Waals surface area contributed by atoms with E-state index in [1.807, 2.05) is 24.4 Å². The van der Waals surface area contributed by atoms with Gasteiger partial charge in [0.15, 0.2) is 0 Å². The lowest BCUT2D eigenvalue weighted by Crippen LogP contribution is -2.21. The number of hydrogen-bond donors (Lipinski definition) is 0. The van der Waals surface area contributed by atoms with Gasteiger partial charge in [0.1, 0.15) is 0 Å². The van der Waals surface area contributed by atoms with Crippen LogP contribution in [0.4, 0.5) is 0 Å². The van der Waals surface area contributed by atoms with Crippen molar-refractivity contribution in [2.45, 2.75) is 13.0 Å². The minimum absolute atomic E-state index is 0.00383. The molecule has 88 valence electrons. The quantitative estimate of drug-likeness (QED) is 0.823. The lowest BCUT2D eigenvalue weighted by Gasteiger charge is -2.07. The summed E-state index contributed by atoms with van der Waals surface area (Å²) in [4.78, 5) is 11.8. The molecule has 0 radical (unpaired) electrons. The molecule has 2 nitrogen and oxygen atoms in total. The van der Waals surface area contributed by atoms with Crippen LogP contribution in [0, 0.1) is 0 Å². The second kappa shape index (κ2) is 5.65. The Morgan fingerprint density at radius 3 is 2.53 bits per heavy atom. The van der Waals surface area contributed by atoms with Crippen LogP contribution in [-0.4, -0.2) is 4.57 Å². The van der Waals surface area contributed by atoms with Crippen molar-refractivity contribution in [2.24, 2.45) is 0 Å². The molecule has 0 amide bonds. The highest BCUT2D eigenvalue weighted by atomic mass is 79.9. The summed E-state index contributed by atoms with van der Waals surface area (Å²) in [5.41, 5.74) is 1.24. The van der Waals surface area contributed by atoms with Crippen LogP contribution in [0.2, 0.25) is 0 Å². The fraction of sp³-hybridized carbons (Fsp3) is 0.154. The van der Waals surface area contributed by atoms with Crippen molar-refractivity contribution in [3.63, 3.8) is 0 Å². The third kappa shape index (κ3) is 3.30. The first kappa shape index (κ1) is 12.6. The van der Waals surface area contributed by atoms with Crippen LogP contribution in [0.15, 0.2) is 56.3 Å². The van der Waals surface area contributed by atoms with Crippen molar-refractivity contribution in [1.82, 2.24) is 4.57 Å². The zero-order valence-corrected chi connectivity index (χ0v) is 12.2. The molecule has 1 heterocycles. The Bertz CT molecular complexity index is 563. The van der Waals surface area contributed by atoms with Crippen LogP contribution in [0.25, 0.3) is 0 Å². The van der Waals surface area contributed by atoms with Gasteiger partial charge in [0.25, 0.3) is 5.56 Å². The Hall–Kier alpha value is -0.870. The van der Waals surface area contributed by atoms with Crippen LogP contribution in [0.5, 0.6) is 0 Å². The molecule has 2 rings (SSSR count). The summed E-state index contributed by atoms with van der Waals surface area (Å²) < 4.78 is 3.19.